The highest BCUT2D eigenvalue weighted by Crippen LogP contribution is 2.36. The Kier molecular flexibility index (Phi) is 4.09. The highest BCUT2D eigenvalue weighted by molar-refractivity contribution is 6.32. The van der Waals surface area contributed by atoms with Crippen LogP contribution in [-0.4, -0.2) is 28.8 Å². The Morgan fingerprint density at radius 1 is 1.35 bits per heavy atom. The van der Waals surface area contributed by atoms with Crippen molar-refractivity contribution < 1.29 is 13.2 Å². The average Bonchev–Trinajstić information content (AvgIpc) is 2.42. The van der Waals surface area contributed by atoms with E-state index in [1.54, 1.807) is 32.8 Å². The van der Waals surface area contributed by atoms with Crippen LogP contribution in [0.1, 0.15) is 31.3 Å². The molecule has 0 aliphatic heterocycles. The van der Waals surface area contributed by atoms with Crippen LogP contribution >= 0.6 is 11.6 Å². The fraction of sp³-hybridized carbons (Fsp3) is 0.700. The zero-order valence-electron chi connectivity index (χ0n) is 10.1. The third-order valence-electron chi connectivity index (χ3n) is 2.17. The molecule has 98 valence electrons. The normalized spacial score (nSPS) is 12.8. The van der Waals surface area contributed by atoms with Gasteiger partial charge in [-0.05, 0) is 27.9 Å². The molecule has 1 aromatic heterocycles. The molecule has 0 aliphatic rings. The van der Waals surface area contributed by atoms with Gasteiger partial charge in [-0.1, -0.05) is 11.6 Å². The highest BCUT2D eigenvalue weighted by Gasteiger charge is 2.39. The first kappa shape index (κ1) is 14.3. The number of alkyl halides is 3. The second kappa shape index (κ2) is 4.86. The minimum absolute atomic E-state index is 0.168. The quantitative estimate of drug-likeness (QED) is 0.840. The predicted octanol–water partition coefficient (Wildman–Crippen LogP) is 3.20. The van der Waals surface area contributed by atoms with E-state index in [1.165, 1.54) is 4.68 Å². The summed E-state index contributed by atoms with van der Waals surface area (Å²) in [6, 6.07) is -0.168. The van der Waals surface area contributed by atoms with Gasteiger partial charge < -0.3 is 4.90 Å². The van der Waals surface area contributed by atoms with Crippen LogP contribution in [0.3, 0.4) is 0 Å². The standard InChI is InChI=1S/C10H15ClF3N3/c1-6(2)17-7(5-16(3)4)8(11)9(15-17)10(12,13)14/h6H,5H2,1-4H3. The Bertz CT molecular complexity index is 396. The van der Waals surface area contributed by atoms with Crippen molar-refractivity contribution in [1.82, 2.24) is 14.7 Å². The van der Waals surface area contributed by atoms with Crippen molar-refractivity contribution in [3.05, 3.63) is 16.4 Å². The second-order valence-electron chi connectivity index (χ2n) is 4.38. The van der Waals surface area contributed by atoms with Gasteiger partial charge >= 0.3 is 6.18 Å². The van der Waals surface area contributed by atoms with E-state index in [-0.39, 0.29) is 11.1 Å². The minimum Gasteiger partial charge on any atom is -0.304 e. The van der Waals surface area contributed by atoms with Crippen LogP contribution in [0.4, 0.5) is 13.2 Å². The van der Waals surface area contributed by atoms with Gasteiger partial charge in [-0.2, -0.15) is 18.3 Å². The van der Waals surface area contributed by atoms with Crippen molar-refractivity contribution in [1.29, 1.82) is 0 Å². The number of aromatic nitrogens is 2. The molecule has 3 nitrogen and oxygen atoms in total. The Morgan fingerprint density at radius 2 is 1.88 bits per heavy atom. The lowest BCUT2D eigenvalue weighted by Crippen LogP contribution is -2.16. The monoisotopic (exact) mass is 269 g/mol. The molecule has 1 rings (SSSR count). The summed E-state index contributed by atoms with van der Waals surface area (Å²) >= 11 is 5.77. The molecular weight excluding hydrogens is 255 g/mol. The number of hydrogen-bond donors (Lipinski definition) is 0. The summed E-state index contributed by atoms with van der Waals surface area (Å²) in [5, 5.41) is 3.26. The lowest BCUT2D eigenvalue weighted by Gasteiger charge is -2.14. The molecule has 0 spiro atoms. The van der Waals surface area contributed by atoms with Crippen LogP contribution in [0.2, 0.25) is 5.02 Å². The van der Waals surface area contributed by atoms with Gasteiger partial charge in [-0.25, -0.2) is 0 Å². The van der Waals surface area contributed by atoms with Crippen molar-refractivity contribution in [3.63, 3.8) is 0 Å². The van der Waals surface area contributed by atoms with Crippen molar-refractivity contribution in [2.24, 2.45) is 0 Å². The van der Waals surface area contributed by atoms with Crippen molar-refractivity contribution in [2.45, 2.75) is 32.6 Å². The van der Waals surface area contributed by atoms with Crippen molar-refractivity contribution >= 4 is 11.6 Å². The Balaban J connectivity index is 3.30. The Hall–Kier alpha value is -0.750. The van der Waals surface area contributed by atoms with E-state index in [2.05, 4.69) is 5.10 Å². The van der Waals surface area contributed by atoms with Gasteiger partial charge in [0, 0.05) is 12.6 Å². The van der Waals surface area contributed by atoms with Crippen LogP contribution in [0, 0.1) is 0 Å². The maximum Gasteiger partial charge on any atom is 0.436 e. The molecular formula is C10H15ClF3N3. The fourth-order valence-corrected chi connectivity index (χ4v) is 1.79. The van der Waals surface area contributed by atoms with Crippen LogP contribution in [0.5, 0.6) is 0 Å². The second-order valence-corrected chi connectivity index (χ2v) is 4.76. The summed E-state index contributed by atoms with van der Waals surface area (Å²) in [5.74, 6) is 0. The maximum absolute atomic E-state index is 12.7. The Labute approximate surface area is 103 Å². The molecule has 0 fully saturated rings. The largest absolute Gasteiger partial charge is 0.436 e. The van der Waals surface area contributed by atoms with Gasteiger partial charge in [0.15, 0.2) is 5.69 Å². The van der Waals surface area contributed by atoms with Gasteiger partial charge in [0.1, 0.15) is 0 Å². The fourth-order valence-electron chi connectivity index (χ4n) is 1.50. The summed E-state index contributed by atoms with van der Waals surface area (Å²) in [4.78, 5) is 1.75. The van der Waals surface area contributed by atoms with Crippen LogP contribution in [0.15, 0.2) is 0 Å². The summed E-state index contributed by atoms with van der Waals surface area (Å²) in [6.45, 7) is 3.85. The molecule has 0 saturated carbocycles. The predicted molar refractivity (Wildman–Crippen MR) is 60.0 cm³/mol. The SMILES string of the molecule is CC(C)n1nc(C(F)(F)F)c(Cl)c1CN(C)C. The molecule has 0 radical (unpaired) electrons. The minimum atomic E-state index is -4.52. The third kappa shape index (κ3) is 3.13. The topological polar surface area (TPSA) is 21.1 Å². The van der Waals surface area contributed by atoms with Crippen LogP contribution < -0.4 is 0 Å². The molecule has 0 aliphatic carbocycles. The summed E-state index contributed by atoms with van der Waals surface area (Å²) in [6.07, 6.45) is -4.52. The maximum atomic E-state index is 12.7. The van der Waals surface area contributed by atoms with Gasteiger partial charge in [0.05, 0.1) is 10.7 Å². The smallest absolute Gasteiger partial charge is 0.304 e. The van der Waals surface area contributed by atoms with Gasteiger partial charge in [0.2, 0.25) is 0 Å². The van der Waals surface area contributed by atoms with Gasteiger partial charge in [-0.15, -0.1) is 0 Å². The number of rotatable bonds is 3. The average molecular weight is 270 g/mol. The first-order chi connectivity index (χ1) is 7.64. The molecule has 0 saturated heterocycles. The zero-order valence-corrected chi connectivity index (χ0v) is 10.9. The Morgan fingerprint density at radius 3 is 2.24 bits per heavy atom. The summed E-state index contributed by atoms with van der Waals surface area (Å²) < 4.78 is 39.3. The third-order valence-corrected chi connectivity index (χ3v) is 2.57. The first-order valence-corrected chi connectivity index (χ1v) is 5.51. The number of nitrogens with zero attached hydrogens (tertiary/aromatic N) is 3. The molecule has 17 heavy (non-hydrogen) atoms. The number of halogens is 4. The zero-order chi connectivity index (χ0) is 13.4. The van der Waals surface area contributed by atoms with E-state index < -0.39 is 11.9 Å². The van der Waals surface area contributed by atoms with E-state index in [0.29, 0.717) is 12.2 Å². The first-order valence-electron chi connectivity index (χ1n) is 5.13. The van der Waals surface area contributed by atoms with Gasteiger partial charge in [-0.3, -0.25) is 4.68 Å². The van der Waals surface area contributed by atoms with E-state index in [1.807, 2.05) is 0 Å². The molecule has 1 aromatic rings. The molecule has 0 aromatic carbocycles. The lowest BCUT2D eigenvalue weighted by atomic mass is 10.3. The van der Waals surface area contributed by atoms with Gasteiger partial charge in [0.25, 0.3) is 0 Å². The molecule has 1 heterocycles. The van der Waals surface area contributed by atoms with Crippen molar-refractivity contribution in [2.75, 3.05) is 14.1 Å². The molecule has 0 bridgehead atoms. The number of hydrogen-bond acceptors (Lipinski definition) is 2. The van der Waals surface area contributed by atoms with E-state index in [9.17, 15) is 13.2 Å². The van der Waals surface area contributed by atoms with E-state index >= 15 is 0 Å². The van der Waals surface area contributed by atoms with Crippen LogP contribution in [-0.2, 0) is 12.7 Å². The van der Waals surface area contributed by atoms with E-state index in [0.717, 1.165) is 0 Å². The lowest BCUT2D eigenvalue weighted by molar-refractivity contribution is -0.141. The molecule has 7 heteroatoms. The van der Waals surface area contributed by atoms with Crippen LogP contribution in [0.25, 0.3) is 0 Å². The summed E-state index contributed by atoms with van der Waals surface area (Å²) in [7, 11) is 3.53. The highest BCUT2D eigenvalue weighted by atomic mass is 35.5. The molecule has 0 N–H and O–H groups in total. The van der Waals surface area contributed by atoms with Crippen molar-refractivity contribution in [3.8, 4) is 0 Å². The molecule has 0 amide bonds. The van der Waals surface area contributed by atoms with E-state index in [4.69, 9.17) is 11.6 Å². The summed E-state index contributed by atoms with van der Waals surface area (Å²) in [5.41, 5.74) is -0.622. The molecule has 0 atom stereocenters. The molecule has 0 unspecified atom stereocenters.